The molecule has 0 spiro atoms. The van der Waals surface area contributed by atoms with E-state index in [2.05, 4.69) is 5.32 Å². The summed E-state index contributed by atoms with van der Waals surface area (Å²) in [5, 5.41) is 11.9. The van der Waals surface area contributed by atoms with Gasteiger partial charge < -0.3 is 15.2 Å². The number of ether oxygens (including phenoxy) is 1. The number of rotatable bonds is 4. The minimum atomic E-state index is -0.418. The number of nitrogens with one attached hydrogen (secondary N) is 1. The minimum Gasteiger partial charge on any atom is -0.494 e. The van der Waals surface area contributed by atoms with Crippen molar-refractivity contribution in [3.8, 4) is 5.75 Å². The minimum absolute atomic E-state index is 0.0672. The third kappa shape index (κ3) is 2.21. The summed E-state index contributed by atoms with van der Waals surface area (Å²) in [6.45, 7) is -0.0672. The molecule has 1 aromatic carbocycles. The highest BCUT2D eigenvalue weighted by molar-refractivity contribution is 5.31. The number of aliphatic hydroxyl groups excluding tert-OH is 1. The number of likely N-dealkylation sites (N-methyl/N-ethyl adjacent to an activating group) is 1. The predicted octanol–water partition coefficient (Wildman–Crippen LogP) is 1.09. The zero-order valence-corrected chi connectivity index (χ0v) is 8.25. The van der Waals surface area contributed by atoms with Crippen molar-refractivity contribution in [2.45, 2.75) is 6.04 Å². The van der Waals surface area contributed by atoms with Crippen molar-refractivity contribution in [1.29, 1.82) is 0 Å². The smallest absolute Gasteiger partial charge is 0.165 e. The van der Waals surface area contributed by atoms with E-state index in [1.165, 1.54) is 13.2 Å². The van der Waals surface area contributed by atoms with Gasteiger partial charge in [-0.1, -0.05) is 6.07 Å². The van der Waals surface area contributed by atoms with E-state index in [4.69, 9.17) is 9.84 Å². The summed E-state index contributed by atoms with van der Waals surface area (Å²) < 4.78 is 18.0. The molecular formula is C10H14FNO2. The quantitative estimate of drug-likeness (QED) is 0.762. The van der Waals surface area contributed by atoms with Crippen LogP contribution in [0.15, 0.2) is 18.2 Å². The van der Waals surface area contributed by atoms with Crippen LogP contribution in [0.5, 0.6) is 5.75 Å². The Hall–Kier alpha value is -1.13. The van der Waals surface area contributed by atoms with Gasteiger partial charge in [0.1, 0.15) is 0 Å². The van der Waals surface area contributed by atoms with Crippen LogP contribution >= 0.6 is 0 Å². The van der Waals surface area contributed by atoms with Crippen LogP contribution in [-0.4, -0.2) is 25.9 Å². The number of aliphatic hydroxyl groups is 1. The summed E-state index contributed by atoms with van der Waals surface area (Å²) in [4.78, 5) is 0. The van der Waals surface area contributed by atoms with Gasteiger partial charge in [0.2, 0.25) is 0 Å². The predicted molar refractivity (Wildman–Crippen MR) is 51.8 cm³/mol. The van der Waals surface area contributed by atoms with E-state index in [1.807, 2.05) is 0 Å². The van der Waals surface area contributed by atoms with Crippen molar-refractivity contribution in [2.75, 3.05) is 20.8 Å². The number of benzene rings is 1. The average molecular weight is 199 g/mol. The highest BCUT2D eigenvalue weighted by Crippen LogP contribution is 2.21. The number of methoxy groups -OCH3 is 1. The topological polar surface area (TPSA) is 41.5 Å². The molecule has 4 heteroatoms. The average Bonchev–Trinajstić information content (AvgIpc) is 2.20. The molecule has 0 aromatic heterocycles. The molecule has 1 rings (SSSR count). The van der Waals surface area contributed by atoms with Crippen LogP contribution in [-0.2, 0) is 0 Å². The second-order valence-corrected chi connectivity index (χ2v) is 2.92. The van der Waals surface area contributed by atoms with E-state index in [-0.39, 0.29) is 18.4 Å². The van der Waals surface area contributed by atoms with Gasteiger partial charge in [0.05, 0.1) is 19.8 Å². The van der Waals surface area contributed by atoms with Gasteiger partial charge in [-0.25, -0.2) is 4.39 Å². The lowest BCUT2D eigenvalue weighted by Gasteiger charge is -2.14. The molecule has 3 nitrogen and oxygen atoms in total. The third-order valence-corrected chi connectivity index (χ3v) is 2.11. The van der Waals surface area contributed by atoms with Crippen LogP contribution < -0.4 is 10.1 Å². The summed E-state index contributed by atoms with van der Waals surface area (Å²) in [5.41, 5.74) is 0.702. The van der Waals surface area contributed by atoms with Crippen molar-refractivity contribution in [2.24, 2.45) is 0 Å². The third-order valence-electron chi connectivity index (χ3n) is 2.11. The van der Waals surface area contributed by atoms with Crippen LogP contribution in [0.3, 0.4) is 0 Å². The van der Waals surface area contributed by atoms with Gasteiger partial charge in [0.15, 0.2) is 11.6 Å². The summed E-state index contributed by atoms with van der Waals surface area (Å²) in [7, 11) is 3.13. The van der Waals surface area contributed by atoms with E-state index in [0.29, 0.717) is 5.56 Å². The first kappa shape index (κ1) is 10.9. The van der Waals surface area contributed by atoms with E-state index in [1.54, 1.807) is 19.2 Å². The molecule has 1 atom stereocenters. The van der Waals surface area contributed by atoms with Crippen LogP contribution in [0.2, 0.25) is 0 Å². The first-order valence-electron chi connectivity index (χ1n) is 4.34. The van der Waals surface area contributed by atoms with Gasteiger partial charge in [-0.15, -0.1) is 0 Å². The molecule has 0 saturated heterocycles. The molecule has 0 aliphatic carbocycles. The molecule has 0 unspecified atom stereocenters. The van der Waals surface area contributed by atoms with Crippen LogP contribution in [0.4, 0.5) is 4.39 Å². The number of halogens is 1. The van der Waals surface area contributed by atoms with Crippen LogP contribution in [0.1, 0.15) is 11.6 Å². The molecule has 0 radical (unpaired) electrons. The van der Waals surface area contributed by atoms with Gasteiger partial charge in [-0.2, -0.15) is 0 Å². The summed E-state index contributed by atoms with van der Waals surface area (Å²) in [6.07, 6.45) is 0. The summed E-state index contributed by atoms with van der Waals surface area (Å²) in [6, 6.07) is 4.38. The second-order valence-electron chi connectivity index (χ2n) is 2.92. The molecule has 0 aliphatic rings. The maximum absolute atomic E-state index is 13.2. The van der Waals surface area contributed by atoms with E-state index >= 15 is 0 Å². The highest BCUT2D eigenvalue weighted by Gasteiger charge is 2.10. The van der Waals surface area contributed by atoms with Crippen molar-refractivity contribution in [1.82, 2.24) is 5.32 Å². The molecule has 2 N–H and O–H groups in total. The monoisotopic (exact) mass is 199 g/mol. The lowest BCUT2D eigenvalue weighted by atomic mass is 10.1. The number of hydrogen-bond donors (Lipinski definition) is 2. The Balaban J connectivity index is 2.95. The van der Waals surface area contributed by atoms with Gasteiger partial charge in [0.25, 0.3) is 0 Å². The Morgan fingerprint density at radius 1 is 1.57 bits per heavy atom. The van der Waals surface area contributed by atoms with Crippen molar-refractivity contribution in [3.05, 3.63) is 29.6 Å². The lowest BCUT2D eigenvalue weighted by molar-refractivity contribution is 0.250. The van der Waals surface area contributed by atoms with Crippen molar-refractivity contribution >= 4 is 0 Å². The van der Waals surface area contributed by atoms with E-state index < -0.39 is 5.82 Å². The number of hydrogen-bond acceptors (Lipinski definition) is 3. The Kier molecular flexibility index (Phi) is 3.85. The Morgan fingerprint density at radius 2 is 2.29 bits per heavy atom. The van der Waals surface area contributed by atoms with Crippen molar-refractivity contribution < 1.29 is 14.2 Å². The van der Waals surface area contributed by atoms with Gasteiger partial charge in [-0.05, 0) is 24.7 Å². The van der Waals surface area contributed by atoms with E-state index in [0.717, 1.165) is 0 Å². The lowest BCUT2D eigenvalue weighted by Crippen LogP contribution is -2.19. The largest absolute Gasteiger partial charge is 0.494 e. The molecule has 78 valence electrons. The molecule has 1 aromatic rings. The van der Waals surface area contributed by atoms with Crippen molar-refractivity contribution in [3.63, 3.8) is 0 Å². The molecule has 0 saturated carbocycles. The zero-order chi connectivity index (χ0) is 10.6. The maximum atomic E-state index is 13.2. The van der Waals surface area contributed by atoms with Crippen LogP contribution in [0, 0.1) is 5.82 Å². The normalized spacial score (nSPS) is 12.6. The molecule has 0 fully saturated rings. The second kappa shape index (κ2) is 4.93. The fourth-order valence-electron chi connectivity index (χ4n) is 1.26. The fraction of sp³-hybridized carbons (Fsp3) is 0.400. The van der Waals surface area contributed by atoms with Gasteiger partial charge in [0, 0.05) is 0 Å². The highest BCUT2D eigenvalue weighted by atomic mass is 19.1. The van der Waals surface area contributed by atoms with Gasteiger partial charge in [-0.3, -0.25) is 0 Å². The molecule has 0 bridgehead atoms. The molecular weight excluding hydrogens is 185 g/mol. The fourth-order valence-corrected chi connectivity index (χ4v) is 1.26. The molecule has 14 heavy (non-hydrogen) atoms. The standard InChI is InChI=1S/C10H14FNO2/c1-12-9(6-13)7-3-4-10(14-2)8(11)5-7/h3-5,9,12-13H,6H2,1-2H3/t9-/m1/s1. The molecule has 0 amide bonds. The SMILES string of the molecule is CN[C@H](CO)c1ccc(OC)c(F)c1. The summed E-state index contributed by atoms with van der Waals surface area (Å²) >= 11 is 0. The van der Waals surface area contributed by atoms with Gasteiger partial charge >= 0.3 is 0 Å². The maximum Gasteiger partial charge on any atom is 0.165 e. The molecule has 0 heterocycles. The zero-order valence-electron chi connectivity index (χ0n) is 8.25. The first-order valence-corrected chi connectivity index (χ1v) is 4.34. The van der Waals surface area contributed by atoms with E-state index in [9.17, 15) is 4.39 Å². The first-order chi connectivity index (χ1) is 6.72. The Bertz CT molecular complexity index is 300. The Labute approximate surface area is 82.5 Å². The molecule has 0 aliphatic heterocycles. The summed E-state index contributed by atoms with van der Waals surface area (Å²) in [5.74, 6) is -0.208. The van der Waals surface area contributed by atoms with Crippen LogP contribution in [0.25, 0.3) is 0 Å². The Morgan fingerprint density at radius 3 is 2.71 bits per heavy atom.